The summed E-state index contributed by atoms with van der Waals surface area (Å²) in [5.74, 6) is -0.273. The van der Waals surface area contributed by atoms with Crippen LogP contribution in [0.25, 0.3) is 6.08 Å². The Morgan fingerprint density at radius 2 is 1.91 bits per heavy atom. The van der Waals surface area contributed by atoms with Crippen molar-refractivity contribution < 1.29 is 22.7 Å². The maximum Gasteiger partial charge on any atom is 0.331 e. The molecule has 0 aliphatic rings. The molecule has 0 aliphatic heterocycles. The molecular formula is C15H21NO5S. The summed E-state index contributed by atoms with van der Waals surface area (Å²) in [6.45, 7) is 5.30. The summed E-state index contributed by atoms with van der Waals surface area (Å²) in [6, 6.07) is 4.60. The predicted octanol–water partition coefficient (Wildman–Crippen LogP) is 1.96. The Bertz CT molecular complexity index is 672. The van der Waals surface area contributed by atoms with Gasteiger partial charge in [0.1, 0.15) is 16.2 Å². The third-order valence-corrected chi connectivity index (χ3v) is 4.00. The first-order chi connectivity index (χ1) is 10.1. The van der Waals surface area contributed by atoms with Gasteiger partial charge in [-0.25, -0.2) is 17.9 Å². The first-order valence-corrected chi connectivity index (χ1v) is 8.10. The largest absolute Gasteiger partial charge is 0.495 e. The number of sulfonamides is 1. The maximum absolute atomic E-state index is 12.0. The first kappa shape index (κ1) is 18.2. The highest BCUT2D eigenvalue weighted by molar-refractivity contribution is 7.89. The second-order valence-corrected chi connectivity index (χ2v) is 7.34. The number of benzene rings is 1. The van der Waals surface area contributed by atoms with E-state index in [0.717, 1.165) is 0 Å². The number of nitrogens with one attached hydrogen (secondary N) is 1. The van der Waals surface area contributed by atoms with Crippen molar-refractivity contribution in [3.8, 4) is 5.75 Å². The molecule has 0 spiro atoms. The Hall–Kier alpha value is -1.86. The van der Waals surface area contributed by atoms with E-state index in [9.17, 15) is 13.2 Å². The summed E-state index contributed by atoms with van der Waals surface area (Å²) in [6.07, 6.45) is 2.74. The van der Waals surface area contributed by atoms with E-state index in [4.69, 9.17) is 9.47 Å². The molecule has 0 saturated carbocycles. The van der Waals surface area contributed by atoms with E-state index in [1.807, 2.05) is 0 Å². The molecule has 0 aliphatic carbocycles. The number of esters is 1. The van der Waals surface area contributed by atoms with Crippen LogP contribution in [0.1, 0.15) is 26.3 Å². The van der Waals surface area contributed by atoms with E-state index >= 15 is 0 Å². The van der Waals surface area contributed by atoms with Crippen LogP contribution in [0.5, 0.6) is 5.75 Å². The van der Waals surface area contributed by atoms with Crippen LogP contribution >= 0.6 is 0 Å². The van der Waals surface area contributed by atoms with Crippen molar-refractivity contribution in [3.05, 3.63) is 29.8 Å². The second-order valence-electron chi connectivity index (χ2n) is 5.48. The topological polar surface area (TPSA) is 81.7 Å². The van der Waals surface area contributed by atoms with Crippen molar-refractivity contribution in [2.75, 3.05) is 14.2 Å². The van der Waals surface area contributed by atoms with Gasteiger partial charge in [0.25, 0.3) is 0 Å². The minimum atomic E-state index is -3.66. The molecule has 122 valence electrons. The molecule has 1 aromatic rings. The molecule has 0 fully saturated rings. The van der Waals surface area contributed by atoms with Crippen molar-refractivity contribution >= 4 is 22.1 Å². The molecule has 0 atom stereocenters. The van der Waals surface area contributed by atoms with Gasteiger partial charge in [-0.2, -0.15) is 0 Å². The minimum absolute atomic E-state index is 0.00355. The zero-order chi connectivity index (χ0) is 17.0. The van der Waals surface area contributed by atoms with Crippen molar-refractivity contribution in [1.29, 1.82) is 0 Å². The Labute approximate surface area is 131 Å². The van der Waals surface area contributed by atoms with Crippen molar-refractivity contribution in [1.82, 2.24) is 4.72 Å². The molecule has 7 heteroatoms. The summed E-state index contributed by atoms with van der Waals surface area (Å²) in [7, 11) is -0.949. The van der Waals surface area contributed by atoms with Crippen LogP contribution in [0.3, 0.4) is 0 Å². The Morgan fingerprint density at radius 3 is 2.41 bits per heavy atom. The van der Waals surface area contributed by atoms with Gasteiger partial charge >= 0.3 is 5.97 Å². The lowest BCUT2D eigenvalue weighted by Gasteiger charge is -2.17. The Balaban J connectivity index is 3.08. The van der Waals surface area contributed by atoms with Crippen LogP contribution in [0.2, 0.25) is 0 Å². The number of carbonyl (C=O) groups is 1. The monoisotopic (exact) mass is 327 g/mol. The minimum Gasteiger partial charge on any atom is -0.495 e. The average molecular weight is 327 g/mol. The zero-order valence-corrected chi connectivity index (χ0v) is 14.2. The van der Waals surface area contributed by atoms with Crippen LogP contribution in [0, 0.1) is 0 Å². The molecule has 1 rings (SSSR count). The number of methoxy groups -OCH3 is 1. The molecule has 0 saturated heterocycles. The van der Waals surface area contributed by atoms with E-state index in [1.54, 1.807) is 26.8 Å². The lowest BCUT2D eigenvalue weighted by molar-refractivity contribution is -0.148. The van der Waals surface area contributed by atoms with Gasteiger partial charge in [-0.3, -0.25) is 0 Å². The third kappa shape index (κ3) is 5.16. The lowest BCUT2D eigenvalue weighted by Crippen LogP contribution is -2.22. The van der Waals surface area contributed by atoms with Gasteiger partial charge in [0.2, 0.25) is 10.0 Å². The quantitative estimate of drug-likeness (QED) is 0.660. The summed E-state index contributed by atoms with van der Waals surface area (Å²) in [5.41, 5.74) is -0.0393. The van der Waals surface area contributed by atoms with Gasteiger partial charge in [0, 0.05) is 6.08 Å². The second kappa shape index (κ2) is 6.93. The summed E-state index contributed by atoms with van der Waals surface area (Å²) >= 11 is 0. The summed E-state index contributed by atoms with van der Waals surface area (Å²) in [4.78, 5) is 11.6. The van der Waals surface area contributed by atoms with Gasteiger partial charge in [0.15, 0.2) is 0 Å². The molecule has 0 amide bonds. The highest BCUT2D eigenvalue weighted by atomic mass is 32.2. The number of hydrogen-bond acceptors (Lipinski definition) is 5. The summed E-state index contributed by atoms with van der Waals surface area (Å²) < 4.78 is 36.3. The Morgan fingerprint density at radius 1 is 1.27 bits per heavy atom. The van der Waals surface area contributed by atoms with E-state index < -0.39 is 21.6 Å². The van der Waals surface area contributed by atoms with Crippen LogP contribution in [-0.4, -0.2) is 34.1 Å². The normalized spacial score (nSPS) is 12.4. The molecule has 22 heavy (non-hydrogen) atoms. The van der Waals surface area contributed by atoms with Crippen LogP contribution in [0.15, 0.2) is 29.2 Å². The van der Waals surface area contributed by atoms with Crippen molar-refractivity contribution in [2.24, 2.45) is 0 Å². The maximum atomic E-state index is 12.0. The SMILES string of the molecule is CNS(=O)(=O)c1cc(/C=C/C(=O)OC(C)(C)C)ccc1OC. The third-order valence-electron chi connectivity index (χ3n) is 2.56. The smallest absolute Gasteiger partial charge is 0.331 e. The molecule has 0 bridgehead atoms. The van der Waals surface area contributed by atoms with E-state index in [1.165, 1.54) is 38.4 Å². The van der Waals surface area contributed by atoms with Crippen LogP contribution in [-0.2, 0) is 19.6 Å². The zero-order valence-electron chi connectivity index (χ0n) is 13.3. The molecule has 0 heterocycles. The van der Waals surface area contributed by atoms with Gasteiger partial charge in [0.05, 0.1) is 7.11 Å². The average Bonchev–Trinajstić information content (AvgIpc) is 2.43. The summed E-state index contributed by atoms with van der Waals surface area (Å²) in [5, 5.41) is 0. The molecule has 6 nitrogen and oxygen atoms in total. The first-order valence-electron chi connectivity index (χ1n) is 6.62. The predicted molar refractivity (Wildman–Crippen MR) is 84.1 cm³/mol. The number of carbonyl (C=O) groups excluding carboxylic acids is 1. The van der Waals surface area contributed by atoms with Gasteiger partial charge in [-0.15, -0.1) is 0 Å². The Kier molecular flexibility index (Phi) is 5.73. The molecule has 0 aromatic heterocycles. The van der Waals surface area contributed by atoms with E-state index in [0.29, 0.717) is 5.56 Å². The van der Waals surface area contributed by atoms with Crippen molar-refractivity contribution in [2.45, 2.75) is 31.3 Å². The standard InChI is InChI=1S/C15H21NO5S/c1-15(2,3)21-14(17)9-7-11-6-8-12(20-5)13(10-11)22(18,19)16-4/h6-10,16H,1-5H3/b9-7+. The van der Waals surface area contributed by atoms with Crippen molar-refractivity contribution in [3.63, 3.8) is 0 Å². The molecule has 0 unspecified atom stereocenters. The molecule has 1 aromatic carbocycles. The highest BCUT2D eigenvalue weighted by Crippen LogP contribution is 2.25. The van der Waals surface area contributed by atoms with E-state index in [2.05, 4.69) is 4.72 Å². The molecule has 0 radical (unpaired) electrons. The number of hydrogen-bond donors (Lipinski definition) is 1. The van der Waals surface area contributed by atoms with Crippen LogP contribution in [0.4, 0.5) is 0 Å². The molecular weight excluding hydrogens is 306 g/mol. The van der Waals surface area contributed by atoms with Gasteiger partial charge in [-0.1, -0.05) is 6.07 Å². The fourth-order valence-corrected chi connectivity index (χ4v) is 2.54. The van der Waals surface area contributed by atoms with Gasteiger partial charge in [-0.05, 0) is 51.6 Å². The fraction of sp³-hybridized carbons (Fsp3) is 0.400. The van der Waals surface area contributed by atoms with Gasteiger partial charge < -0.3 is 9.47 Å². The molecule has 1 N–H and O–H groups in total. The highest BCUT2D eigenvalue weighted by Gasteiger charge is 2.18. The lowest BCUT2D eigenvalue weighted by atomic mass is 10.2. The number of rotatable bonds is 5. The fourth-order valence-electron chi connectivity index (χ4n) is 1.62. The van der Waals surface area contributed by atoms with E-state index in [-0.39, 0.29) is 10.6 Å². The number of ether oxygens (including phenoxy) is 2. The van der Waals surface area contributed by atoms with Crippen LogP contribution < -0.4 is 9.46 Å².